The molecule has 2 aromatic heterocycles. The molecule has 0 amide bonds. The SMILES string of the molecule is Cc1ccc2[nH]c(=S)n(-c3ccc(Br)c(Cl)c3Cl)c2n1. The molecule has 3 nitrogen and oxygen atoms in total. The van der Waals surface area contributed by atoms with Gasteiger partial charge in [0, 0.05) is 10.2 Å². The number of nitrogens with one attached hydrogen (secondary N) is 1. The standard InChI is InChI=1S/C13H8BrCl2N3S/c1-6-2-4-8-12(17-6)19(13(20)18-8)9-5-3-7(14)10(15)11(9)16/h2-5H,1H3,(H,18,20). The quantitative estimate of drug-likeness (QED) is 0.443. The maximum atomic E-state index is 6.33. The van der Waals surface area contributed by atoms with Crippen molar-refractivity contribution in [3.8, 4) is 5.69 Å². The fourth-order valence-electron chi connectivity index (χ4n) is 1.99. The molecule has 0 saturated carbocycles. The van der Waals surface area contributed by atoms with Crippen molar-refractivity contribution in [3.63, 3.8) is 0 Å². The molecule has 1 N–H and O–H groups in total. The van der Waals surface area contributed by atoms with E-state index in [1.165, 1.54) is 0 Å². The Kier molecular flexibility index (Phi) is 3.62. The van der Waals surface area contributed by atoms with E-state index in [1.807, 2.05) is 31.2 Å². The van der Waals surface area contributed by atoms with E-state index in [-0.39, 0.29) is 0 Å². The summed E-state index contributed by atoms with van der Waals surface area (Å²) in [6.07, 6.45) is 0. The molecule has 0 fully saturated rings. The Labute approximate surface area is 138 Å². The molecule has 20 heavy (non-hydrogen) atoms. The molecule has 0 aliphatic rings. The summed E-state index contributed by atoms with van der Waals surface area (Å²) in [7, 11) is 0. The Hall–Kier alpha value is -0.880. The molecule has 1 aromatic carbocycles. The zero-order chi connectivity index (χ0) is 14.4. The van der Waals surface area contributed by atoms with Crippen LogP contribution < -0.4 is 0 Å². The lowest BCUT2D eigenvalue weighted by Gasteiger charge is -2.09. The van der Waals surface area contributed by atoms with Crippen LogP contribution in [0.5, 0.6) is 0 Å². The van der Waals surface area contributed by atoms with Gasteiger partial charge in [0.25, 0.3) is 0 Å². The van der Waals surface area contributed by atoms with Gasteiger partial charge in [0.2, 0.25) is 0 Å². The second kappa shape index (κ2) is 5.15. The number of aromatic amines is 1. The van der Waals surface area contributed by atoms with E-state index in [0.29, 0.717) is 20.5 Å². The summed E-state index contributed by atoms with van der Waals surface area (Å²) >= 11 is 21.2. The molecule has 7 heteroatoms. The van der Waals surface area contributed by atoms with Crippen LogP contribution in [0.2, 0.25) is 10.0 Å². The summed E-state index contributed by atoms with van der Waals surface area (Å²) < 4.78 is 3.06. The van der Waals surface area contributed by atoms with Crippen LogP contribution in [0.25, 0.3) is 16.9 Å². The van der Waals surface area contributed by atoms with Gasteiger partial charge in [0.15, 0.2) is 10.4 Å². The highest BCUT2D eigenvalue weighted by Crippen LogP contribution is 2.35. The maximum Gasteiger partial charge on any atom is 0.184 e. The van der Waals surface area contributed by atoms with Gasteiger partial charge in [-0.3, -0.25) is 4.57 Å². The van der Waals surface area contributed by atoms with Crippen molar-refractivity contribution in [1.82, 2.24) is 14.5 Å². The lowest BCUT2D eigenvalue weighted by molar-refractivity contribution is 1.04. The Morgan fingerprint density at radius 1 is 1.20 bits per heavy atom. The number of nitrogens with zero attached hydrogens (tertiary/aromatic N) is 2. The Bertz CT molecular complexity index is 885. The van der Waals surface area contributed by atoms with Crippen molar-refractivity contribution >= 4 is 62.5 Å². The van der Waals surface area contributed by atoms with Gasteiger partial charge in [0.1, 0.15) is 0 Å². The third-order valence-corrected chi connectivity index (χ3v) is 4.97. The second-order valence-electron chi connectivity index (χ2n) is 4.28. The van der Waals surface area contributed by atoms with Crippen molar-refractivity contribution in [2.24, 2.45) is 0 Å². The molecule has 0 aliphatic heterocycles. The average molecular weight is 389 g/mol. The summed E-state index contributed by atoms with van der Waals surface area (Å²) in [4.78, 5) is 7.63. The van der Waals surface area contributed by atoms with Crippen LogP contribution in [0, 0.1) is 11.7 Å². The normalized spacial score (nSPS) is 11.2. The molecular weight excluding hydrogens is 381 g/mol. The predicted molar refractivity (Wildman–Crippen MR) is 88.7 cm³/mol. The number of pyridine rings is 1. The molecule has 0 saturated heterocycles. The largest absolute Gasteiger partial charge is 0.329 e. The minimum absolute atomic E-state index is 0.432. The number of imidazole rings is 1. The molecule has 0 spiro atoms. The number of benzene rings is 1. The summed E-state index contributed by atoms with van der Waals surface area (Å²) in [5.74, 6) is 0. The fraction of sp³-hybridized carbons (Fsp3) is 0.0769. The van der Waals surface area contributed by atoms with Crippen LogP contribution in [0.1, 0.15) is 5.69 Å². The smallest absolute Gasteiger partial charge is 0.184 e. The molecule has 102 valence electrons. The molecule has 0 bridgehead atoms. The number of aromatic nitrogens is 3. The van der Waals surface area contributed by atoms with E-state index in [2.05, 4.69) is 25.9 Å². The highest BCUT2D eigenvalue weighted by atomic mass is 79.9. The van der Waals surface area contributed by atoms with E-state index in [9.17, 15) is 0 Å². The van der Waals surface area contributed by atoms with Crippen LogP contribution in [-0.2, 0) is 0 Å². The lowest BCUT2D eigenvalue weighted by atomic mass is 10.3. The first-order valence-corrected chi connectivity index (χ1v) is 7.67. The molecule has 0 radical (unpaired) electrons. The molecule has 3 aromatic rings. The van der Waals surface area contributed by atoms with Crippen LogP contribution >= 0.6 is 51.3 Å². The molecule has 3 rings (SSSR count). The molecule has 0 aliphatic carbocycles. The topological polar surface area (TPSA) is 33.6 Å². The average Bonchev–Trinajstić information content (AvgIpc) is 2.72. The van der Waals surface area contributed by atoms with Gasteiger partial charge < -0.3 is 4.98 Å². The van der Waals surface area contributed by atoms with Crippen LogP contribution in [0.4, 0.5) is 0 Å². The lowest BCUT2D eigenvalue weighted by Crippen LogP contribution is -1.98. The van der Waals surface area contributed by atoms with Gasteiger partial charge in [-0.15, -0.1) is 0 Å². The van der Waals surface area contributed by atoms with Crippen molar-refractivity contribution in [1.29, 1.82) is 0 Å². The van der Waals surface area contributed by atoms with E-state index in [1.54, 1.807) is 4.57 Å². The van der Waals surface area contributed by atoms with Crippen LogP contribution in [-0.4, -0.2) is 14.5 Å². The zero-order valence-electron chi connectivity index (χ0n) is 10.2. The number of aryl methyl sites for hydroxylation is 1. The highest BCUT2D eigenvalue weighted by Gasteiger charge is 2.14. The van der Waals surface area contributed by atoms with Gasteiger partial charge in [-0.05, 0) is 59.3 Å². The Balaban J connectivity index is 2.41. The van der Waals surface area contributed by atoms with E-state index in [4.69, 9.17) is 35.4 Å². The number of hydrogen-bond acceptors (Lipinski definition) is 2. The van der Waals surface area contributed by atoms with Gasteiger partial charge in [-0.2, -0.15) is 0 Å². The number of rotatable bonds is 1. The summed E-state index contributed by atoms with van der Waals surface area (Å²) in [6, 6.07) is 7.55. The van der Waals surface area contributed by atoms with E-state index in [0.717, 1.165) is 21.3 Å². The first-order chi connectivity index (χ1) is 9.49. The predicted octanol–water partition coefficient (Wildman–Crippen LogP) is 5.46. The molecule has 0 atom stereocenters. The number of hydrogen-bond donors (Lipinski definition) is 1. The van der Waals surface area contributed by atoms with Gasteiger partial charge in [0.05, 0.1) is 21.2 Å². The zero-order valence-corrected chi connectivity index (χ0v) is 14.2. The number of fused-ring (bicyclic) bond motifs is 1. The van der Waals surface area contributed by atoms with Crippen molar-refractivity contribution in [2.75, 3.05) is 0 Å². The summed E-state index contributed by atoms with van der Waals surface area (Å²) in [5, 5.41) is 0.884. The third kappa shape index (κ3) is 2.19. The Morgan fingerprint density at radius 2 is 1.95 bits per heavy atom. The highest BCUT2D eigenvalue weighted by molar-refractivity contribution is 9.10. The van der Waals surface area contributed by atoms with Crippen LogP contribution in [0.15, 0.2) is 28.7 Å². The van der Waals surface area contributed by atoms with Gasteiger partial charge in [-0.1, -0.05) is 23.2 Å². The summed E-state index contributed by atoms with van der Waals surface area (Å²) in [5.41, 5.74) is 3.19. The molecular formula is C13H8BrCl2N3S. The Morgan fingerprint density at radius 3 is 2.70 bits per heavy atom. The first-order valence-electron chi connectivity index (χ1n) is 5.71. The first kappa shape index (κ1) is 14.1. The van der Waals surface area contributed by atoms with E-state index < -0.39 is 0 Å². The fourth-order valence-corrected chi connectivity index (χ4v) is 3.14. The molecule has 0 unspecified atom stereocenters. The maximum absolute atomic E-state index is 6.33. The number of H-pyrrole nitrogens is 1. The van der Waals surface area contributed by atoms with Gasteiger partial charge >= 0.3 is 0 Å². The van der Waals surface area contributed by atoms with Crippen LogP contribution in [0.3, 0.4) is 0 Å². The monoisotopic (exact) mass is 387 g/mol. The number of halogens is 3. The minimum atomic E-state index is 0.432. The van der Waals surface area contributed by atoms with Crippen molar-refractivity contribution in [2.45, 2.75) is 6.92 Å². The third-order valence-electron chi connectivity index (χ3n) is 2.93. The second-order valence-corrected chi connectivity index (χ2v) is 6.28. The van der Waals surface area contributed by atoms with Crippen molar-refractivity contribution < 1.29 is 0 Å². The van der Waals surface area contributed by atoms with Crippen molar-refractivity contribution in [3.05, 3.63) is 49.2 Å². The minimum Gasteiger partial charge on any atom is -0.329 e. The van der Waals surface area contributed by atoms with E-state index >= 15 is 0 Å². The van der Waals surface area contributed by atoms with Gasteiger partial charge in [-0.25, -0.2) is 4.98 Å². The molecule has 2 heterocycles. The summed E-state index contributed by atoms with van der Waals surface area (Å²) in [6.45, 7) is 1.93.